The maximum atomic E-state index is 11.8. The second kappa shape index (κ2) is 6.53. The fraction of sp³-hybridized carbons (Fsp3) is 0.286. The Hall–Kier alpha value is -2.15. The molecule has 0 aliphatic carbocycles. The topological polar surface area (TPSA) is 93.0 Å². The fourth-order valence-corrected chi connectivity index (χ4v) is 2.74. The summed E-state index contributed by atoms with van der Waals surface area (Å²) >= 11 is 0. The molecule has 0 amide bonds. The lowest BCUT2D eigenvalue weighted by molar-refractivity contribution is 0.0599. The Labute approximate surface area is 123 Å². The molecule has 6 nitrogen and oxygen atoms in total. The molecule has 1 N–H and O–H groups in total. The molecule has 0 bridgehead atoms. The molecule has 0 spiro atoms. The average molecular weight is 311 g/mol. The number of carbonyl (C=O) groups is 1. The van der Waals surface area contributed by atoms with E-state index in [4.69, 9.17) is 5.21 Å². The van der Waals surface area contributed by atoms with Crippen LogP contribution in [0, 0.1) is 6.92 Å². The highest BCUT2D eigenvalue weighted by atomic mass is 32.2. The second-order valence-corrected chi connectivity index (χ2v) is 6.47. The normalized spacial score (nSPS) is 12.7. The van der Waals surface area contributed by atoms with E-state index in [1.165, 1.54) is 31.4 Å². The van der Waals surface area contributed by atoms with Crippen molar-refractivity contribution < 1.29 is 23.2 Å². The van der Waals surface area contributed by atoms with Gasteiger partial charge < -0.3 is 9.94 Å². The predicted octanol–water partition coefficient (Wildman–Crippen LogP) is 2.05. The van der Waals surface area contributed by atoms with Crippen LogP contribution in [0.4, 0.5) is 0 Å². The van der Waals surface area contributed by atoms with Crippen LogP contribution in [0.15, 0.2) is 28.3 Å². The molecule has 114 valence electrons. The minimum atomic E-state index is -3.47. The summed E-state index contributed by atoms with van der Waals surface area (Å²) in [5, 5.41) is 11.6. The molecule has 0 aliphatic rings. The summed E-state index contributed by atoms with van der Waals surface area (Å²) in [4.78, 5) is 11.8. The van der Waals surface area contributed by atoms with Gasteiger partial charge in [0.05, 0.1) is 23.3 Å². The van der Waals surface area contributed by atoms with E-state index < -0.39 is 15.8 Å². The summed E-state index contributed by atoms with van der Waals surface area (Å²) < 4.78 is 28.4. The Morgan fingerprint density at radius 1 is 1.38 bits per heavy atom. The lowest BCUT2D eigenvalue weighted by Crippen LogP contribution is -2.09. The minimum absolute atomic E-state index is 0.0923. The Morgan fingerprint density at radius 3 is 2.48 bits per heavy atom. The zero-order chi connectivity index (χ0) is 16.2. The standard InChI is InChI=1S/C14H17NO5S/c1-9(15-17)5-6-11-10(2)12(14(16)20-3)7-8-13(11)21(4,18)19/h5-8,17H,1-4H3/b6-5+,15-9-. The van der Waals surface area contributed by atoms with Crippen molar-refractivity contribution in [3.05, 3.63) is 34.9 Å². The first-order valence-corrected chi connectivity index (χ1v) is 7.90. The molecule has 0 aromatic heterocycles. The third-order valence-corrected chi connectivity index (χ3v) is 4.08. The van der Waals surface area contributed by atoms with Crippen LogP contribution in [0.25, 0.3) is 6.08 Å². The van der Waals surface area contributed by atoms with Gasteiger partial charge in [-0.3, -0.25) is 0 Å². The van der Waals surface area contributed by atoms with Crippen molar-refractivity contribution >= 4 is 27.6 Å². The maximum Gasteiger partial charge on any atom is 0.338 e. The van der Waals surface area contributed by atoms with Crippen molar-refractivity contribution in [1.82, 2.24) is 0 Å². The lowest BCUT2D eigenvalue weighted by atomic mass is 10.0. The van der Waals surface area contributed by atoms with Gasteiger partial charge in [0.2, 0.25) is 0 Å². The molecule has 0 radical (unpaired) electrons. The van der Waals surface area contributed by atoms with Crippen LogP contribution in [-0.4, -0.2) is 38.7 Å². The molecule has 0 saturated heterocycles. The molecule has 1 aromatic carbocycles. The zero-order valence-electron chi connectivity index (χ0n) is 12.2. The highest BCUT2D eigenvalue weighted by Crippen LogP contribution is 2.25. The largest absolute Gasteiger partial charge is 0.465 e. The van der Waals surface area contributed by atoms with Crippen LogP contribution < -0.4 is 0 Å². The Kier molecular flexibility index (Phi) is 5.26. The molecule has 7 heteroatoms. The molecule has 0 atom stereocenters. The van der Waals surface area contributed by atoms with E-state index in [1.54, 1.807) is 13.8 Å². The van der Waals surface area contributed by atoms with E-state index in [0.29, 0.717) is 16.8 Å². The number of carbonyl (C=O) groups excluding carboxylic acids is 1. The SMILES string of the molecule is COC(=O)c1ccc(S(C)(=O)=O)c(/C=C/C(C)=N\O)c1C. The van der Waals surface area contributed by atoms with E-state index in [0.717, 1.165) is 6.26 Å². The van der Waals surface area contributed by atoms with Gasteiger partial charge in [0.15, 0.2) is 9.84 Å². The van der Waals surface area contributed by atoms with Crippen LogP contribution in [-0.2, 0) is 14.6 Å². The number of hydrogen-bond donors (Lipinski definition) is 1. The fourth-order valence-electron chi connectivity index (χ4n) is 1.80. The zero-order valence-corrected chi connectivity index (χ0v) is 13.1. The Morgan fingerprint density at radius 2 is 2.00 bits per heavy atom. The predicted molar refractivity (Wildman–Crippen MR) is 79.6 cm³/mol. The number of allylic oxidation sites excluding steroid dienone is 1. The molecule has 21 heavy (non-hydrogen) atoms. The van der Waals surface area contributed by atoms with Gasteiger partial charge in [-0.1, -0.05) is 11.2 Å². The van der Waals surface area contributed by atoms with Gasteiger partial charge in [0.25, 0.3) is 0 Å². The van der Waals surface area contributed by atoms with Gasteiger partial charge in [-0.25, -0.2) is 13.2 Å². The number of benzene rings is 1. The van der Waals surface area contributed by atoms with Crippen molar-refractivity contribution in [1.29, 1.82) is 0 Å². The van der Waals surface area contributed by atoms with Gasteiger partial charge in [0.1, 0.15) is 0 Å². The molecular formula is C14H17NO5S. The van der Waals surface area contributed by atoms with Crippen molar-refractivity contribution in [2.45, 2.75) is 18.7 Å². The molecule has 0 unspecified atom stereocenters. The highest BCUT2D eigenvalue weighted by Gasteiger charge is 2.19. The van der Waals surface area contributed by atoms with Crippen LogP contribution >= 0.6 is 0 Å². The van der Waals surface area contributed by atoms with E-state index >= 15 is 0 Å². The maximum absolute atomic E-state index is 11.8. The van der Waals surface area contributed by atoms with Crippen LogP contribution in [0.2, 0.25) is 0 Å². The molecule has 0 aliphatic heterocycles. The lowest BCUT2D eigenvalue weighted by Gasteiger charge is -2.11. The van der Waals surface area contributed by atoms with Gasteiger partial charge in [-0.05, 0) is 43.2 Å². The van der Waals surface area contributed by atoms with Gasteiger partial charge in [-0.15, -0.1) is 0 Å². The molecule has 1 rings (SSSR count). The number of ether oxygens (including phenoxy) is 1. The number of esters is 1. The number of oxime groups is 1. The minimum Gasteiger partial charge on any atom is -0.465 e. The van der Waals surface area contributed by atoms with E-state index in [9.17, 15) is 13.2 Å². The summed E-state index contributed by atoms with van der Waals surface area (Å²) in [6, 6.07) is 2.78. The molecule has 1 aromatic rings. The van der Waals surface area contributed by atoms with E-state index in [1.807, 2.05) is 0 Å². The molecule has 0 heterocycles. The van der Waals surface area contributed by atoms with Crippen LogP contribution in [0.3, 0.4) is 0 Å². The third-order valence-electron chi connectivity index (χ3n) is 2.93. The van der Waals surface area contributed by atoms with Crippen molar-refractivity contribution in [3.8, 4) is 0 Å². The summed E-state index contributed by atoms with van der Waals surface area (Å²) in [7, 11) is -2.21. The first-order valence-electron chi connectivity index (χ1n) is 6.01. The quantitative estimate of drug-likeness (QED) is 0.397. The Balaban J connectivity index is 3.61. The average Bonchev–Trinajstić information content (AvgIpc) is 2.43. The smallest absolute Gasteiger partial charge is 0.338 e. The van der Waals surface area contributed by atoms with Crippen molar-refractivity contribution in [2.24, 2.45) is 5.16 Å². The number of nitrogens with zero attached hydrogens (tertiary/aromatic N) is 1. The summed E-state index contributed by atoms with van der Waals surface area (Å²) in [6.45, 7) is 3.18. The monoisotopic (exact) mass is 311 g/mol. The molecular weight excluding hydrogens is 294 g/mol. The first kappa shape index (κ1) is 16.9. The number of methoxy groups -OCH3 is 1. The van der Waals surface area contributed by atoms with Gasteiger partial charge >= 0.3 is 5.97 Å². The van der Waals surface area contributed by atoms with Crippen LogP contribution in [0.1, 0.15) is 28.4 Å². The highest BCUT2D eigenvalue weighted by molar-refractivity contribution is 7.90. The van der Waals surface area contributed by atoms with E-state index in [-0.39, 0.29) is 10.5 Å². The Bertz CT molecular complexity index is 717. The second-order valence-electron chi connectivity index (χ2n) is 4.49. The third kappa shape index (κ3) is 3.91. The molecule has 0 saturated carbocycles. The van der Waals surface area contributed by atoms with E-state index in [2.05, 4.69) is 9.89 Å². The number of rotatable bonds is 4. The summed E-state index contributed by atoms with van der Waals surface area (Å²) in [5.74, 6) is -0.547. The van der Waals surface area contributed by atoms with Gasteiger partial charge in [0, 0.05) is 6.26 Å². The molecule has 0 fully saturated rings. The van der Waals surface area contributed by atoms with Gasteiger partial charge in [-0.2, -0.15) is 0 Å². The first-order chi connectivity index (χ1) is 9.72. The number of hydrogen-bond acceptors (Lipinski definition) is 6. The van der Waals surface area contributed by atoms with Crippen molar-refractivity contribution in [2.75, 3.05) is 13.4 Å². The van der Waals surface area contributed by atoms with Crippen molar-refractivity contribution in [3.63, 3.8) is 0 Å². The summed E-state index contributed by atoms with van der Waals surface area (Å²) in [6.07, 6.45) is 4.04. The van der Waals surface area contributed by atoms with Crippen LogP contribution in [0.5, 0.6) is 0 Å². The number of sulfone groups is 1. The summed E-state index contributed by atoms with van der Waals surface area (Å²) in [5.41, 5.74) is 1.43.